The highest BCUT2D eigenvalue weighted by molar-refractivity contribution is 5.97. The fourth-order valence-corrected chi connectivity index (χ4v) is 2.11. The van der Waals surface area contributed by atoms with Crippen molar-refractivity contribution in [2.45, 2.75) is 13.0 Å². The fourth-order valence-electron chi connectivity index (χ4n) is 2.11. The Morgan fingerprint density at radius 1 is 1.38 bits per heavy atom. The van der Waals surface area contributed by atoms with E-state index in [1.807, 2.05) is 0 Å². The molecule has 6 nitrogen and oxygen atoms in total. The molecule has 1 fully saturated rings. The van der Waals surface area contributed by atoms with Gasteiger partial charge in [0.05, 0.1) is 18.8 Å². The Hall–Kier alpha value is -2.15. The summed E-state index contributed by atoms with van der Waals surface area (Å²) in [7, 11) is 0. The van der Waals surface area contributed by atoms with Gasteiger partial charge in [-0.05, 0) is 25.1 Å². The second kappa shape index (κ2) is 6.53. The lowest BCUT2D eigenvalue weighted by Gasteiger charge is -2.29. The van der Waals surface area contributed by atoms with Gasteiger partial charge in [-0.25, -0.2) is 4.39 Å². The molecule has 1 aromatic rings. The number of carbonyl (C=O) groups excluding carboxylic acids is 2. The minimum Gasteiger partial charge on any atom is -0.399 e. The van der Waals surface area contributed by atoms with Gasteiger partial charge in [0.1, 0.15) is 11.9 Å². The van der Waals surface area contributed by atoms with Crippen LogP contribution in [0.3, 0.4) is 0 Å². The average Bonchev–Trinajstić information content (AvgIpc) is 2.47. The van der Waals surface area contributed by atoms with Crippen molar-refractivity contribution in [1.29, 1.82) is 0 Å². The summed E-state index contributed by atoms with van der Waals surface area (Å²) in [5, 5.41) is 2.50. The van der Waals surface area contributed by atoms with Crippen molar-refractivity contribution in [3.05, 3.63) is 29.6 Å². The van der Waals surface area contributed by atoms with Crippen molar-refractivity contribution in [1.82, 2.24) is 10.2 Å². The lowest BCUT2D eigenvalue weighted by atomic mass is 10.1. The molecule has 2 rings (SSSR count). The second-order valence-electron chi connectivity index (χ2n) is 4.87. The van der Waals surface area contributed by atoms with Gasteiger partial charge in [-0.1, -0.05) is 0 Å². The van der Waals surface area contributed by atoms with Crippen LogP contribution in [0.4, 0.5) is 10.1 Å². The molecule has 0 radical (unpaired) electrons. The van der Waals surface area contributed by atoms with E-state index in [0.29, 0.717) is 26.3 Å². The maximum atomic E-state index is 13.7. The van der Waals surface area contributed by atoms with Gasteiger partial charge in [0.25, 0.3) is 5.91 Å². The van der Waals surface area contributed by atoms with Gasteiger partial charge in [0.15, 0.2) is 0 Å². The number of hydrogen-bond donors (Lipinski definition) is 2. The van der Waals surface area contributed by atoms with Gasteiger partial charge in [0, 0.05) is 18.8 Å². The van der Waals surface area contributed by atoms with Crippen LogP contribution in [0.15, 0.2) is 18.2 Å². The Morgan fingerprint density at radius 2 is 2.05 bits per heavy atom. The van der Waals surface area contributed by atoms with E-state index < -0.39 is 17.8 Å². The molecule has 1 aromatic carbocycles. The highest BCUT2D eigenvalue weighted by Crippen LogP contribution is 2.12. The molecule has 0 saturated carbocycles. The number of ether oxygens (including phenoxy) is 1. The summed E-state index contributed by atoms with van der Waals surface area (Å²) in [4.78, 5) is 25.8. The van der Waals surface area contributed by atoms with Crippen molar-refractivity contribution in [3.8, 4) is 0 Å². The van der Waals surface area contributed by atoms with Crippen molar-refractivity contribution in [2.24, 2.45) is 0 Å². The number of nitrogens with two attached hydrogens (primary N) is 1. The quantitative estimate of drug-likeness (QED) is 0.790. The smallest absolute Gasteiger partial charge is 0.254 e. The Labute approximate surface area is 122 Å². The number of benzene rings is 1. The molecule has 0 bridgehead atoms. The minimum absolute atomic E-state index is 0.133. The van der Waals surface area contributed by atoms with Crippen molar-refractivity contribution >= 4 is 17.5 Å². The number of nitrogens with one attached hydrogen (secondary N) is 1. The first-order chi connectivity index (χ1) is 9.99. The molecular weight excluding hydrogens is 277 g/mol. The van der Waals surface area contributed by atoms with Crippen LogP contribution in [0.25, 0.3) is 0 Å². The molecule has 2 amide bonds. The summed E-state index contributed by atoms with van der Waals surface area (Å²) in [5.41, 5.74) is 5.53. The number of nitrogens with zero attached hydrogens (tertiary/aromatic N) is 1. The van der Waals surface area contributed by atoms with Gasteiger partial charge < -0.3 is 20.7 Å². The average molecular weight is 295 g/mol. The molecule has 1 unspecified atom stereocenters. The van der Waals surface area contributed by atoms with Crippen LogP contribution in [0, 0.1) is 5.82 Å². The van der Waals surface area contributed by atoms with E-state index in [4.69, 9.17) is 10.5 Å². The van der Waals surface area contributed by atoms with E-state index in [2.05, 4.69) is 5.32 Å². The van der Waals surface area contributed by atoms with Crippen LogP contribution in [-0.2, 0) is 9.53 Å². The third-order valence-electron chi connectivity index (χ3n) is 3.28. The van der Waals surface area contributed by atoms with E-state index in [1.165, 1.54) is 12.1 Å². The van der Waals surface area contributed by atoms with Crippen LogP contribution in [-0.4, -0.2) is 49.1 Å². The van der Waals surface area contributed by atoms with Gasteiger partial charge in [0.2, 0.25) is 5.91 Å². The molecule has 3 N–H and O–H groups in total. The Kier molecular flexibility index (Phi) is 4.74. The summed E-state index contributed by atoms with van der Waals surface area (Å²) in [6.07, 6.45) is 0. The monoisotopic (exact) mass is 295 g/mol. The topological polar surface area (TPSA) is 84.7 Å². The molecule has 7 heteroatoms. The van der Waals surface area contributed by atoms with E-state index in [-0.39, 0.29) is 17.2 Å². The van der Waals surface area contributed by atoms with E-state index in [0.717, 1.165) is 6.07 Å². The zero-order valence-corrected chi connectivity index (χ0v) is 11.8. The molecule has 1 aliphatic heterocycles. The van der Waals surface area contributed by atoms with Gasteiger partial charge in [-0.15, -0.1) is 0 Å². The largest absolute Gasteiger partial charge is 0.399 e. The number of anilines is 1. The van der Waals surface area contributed by atoms with E-state index in [1.54, 1.807) is 11.8 Å². The van der Waals surface area contributed by atoms with Crippen LogP contribution >= 0.6 is 0 Å². The highest BCUT2D eigenvalue weighted by atomic mass is 19.1. The third kappa shape index (κ3) is 3.69. The molecule has 1 atom stereocenters. The maximum absolute atomic E-state index is 13.7. The summed E-state index contributed by atoms with van der Waals surface area (Å²) < 4.78 is 18.8. The standard InChI is InChI=1S/C14H18FN3O3/c1-9(14(20)18-4-6-21-7-5-18)17-13(19)11-3-2-10(16)8-12(11)15/h2-3,8-9H,4-7,16H2,1H3,(H,17,19). The van der Waals surface area contributed by atoms with Crippen LogP contribution in [0.5, 0.6) is 0 Å². The predicted octanol–water partition coefficient (Wildman–Crippen LogP) is 0.385. The number of carbonyl (C=O) groups is 2. The van der Waals surface area contributed by atoms with Crippen molar-refractivity contribution < 1.29 is 18.7 Å². The summed E-state index contributed by atoms with van der Waals surface area (Å²) >= 11 is 0. The zero-order valence-electron chi connectivity index (χ0n) is 11.8. The number of nitrogen functional groups attached to an aromatic ring is 1. The summed E-state index contributed by atoms with van der Waals surface area (Å²) in [6.45, 7) is 3.54. The maximum Gasteiger partial charge on any atom is 0.254 e. The highest BCUT2D eigenvalue weighted by Gasteiger charge is 2.24. The Bertz CT molecular complexity index is 544. The number of morpholine rings is 1. The number of rotatable bonds is 3. The number of amides is 2. The predicted molar refractivity (Wildman–Crippen MR) is 75.1 cm³/mol. The van der Waals surface area contributed by atoms with Crippen LogP contribution in [0.1, 0.15) is 17.3 Å². The molecule has 21 heavy (non-hydrogen) atoms. The first kappa shape index (κ1) is 15.2. The van der Waals surface area contributed by atoms with Gasteiger partial charge in [-0.2, -0.15) is 0 Å². The summed E-state index contributed by atoms with van der Waals surface area (Å²) in [6, 6.07) is 3.08. The Balaban J connectivity index is 1.99. The van der Waals surface area contributed by atoms with E-state index >= 15 is 0 Å². The molecular formula is C14H18FN3O3. The zero-order chi connectivity index (χ0) is 15.4. The molecule has 0 aromatic heterocycles. The molecule has 1 heterocycles. The van der Waals surface area contributed by atoms with Crippen LogP contribution < -0.4 is 11.1 Å². The Morgan fingerprint density at radius 3 is 2.67 bits per heavy atom. The van der Waals surface area contributed by atoms with E-state index in [9.17, 15) is 14.0 Å². The molecule has 1 saturated heterocycles. The first-order valence-electron chi connectivity index (χ1n) is 6.71. The molecule has 114 valence electrons. The van der Waals surface area contributed by atoms with Crippen LogP contribution in [0.2, 0.25) is 0 Å². The lowest BCUT2D eigenvalue weighted by Crippen LogP contribution is -2.50. The number of halogens is 1. The van der Waals surface area contributed by atoms with Gasteiger partial charge in [-0.3, -0.25) is 9.59 Å². The van der Waals surface area contributed by atoms with Gasteiger partial charge >= 0.3 is 0 Å². The lowest BCUT2D eigenvalue weighted by molar-refractivity contribution is -0.136. The summed E-state index contributed by atoms with van der Waals surface area (Å²) in [5.74, 6) is -1.55. The molecule has 0 spiro atoms. The SMILES string of the molecule is CC(NC(=O)c1ccc(N)cc1F)C(=O)N1CCOCC1. The number of hydrogen-bond acceptors (Lipinski definition) is 4. The third-order valence-corrected chi connectivity index (χ3v) is 3.28. The first-order valence-corrected chi connectivity index (χ1v) is 6.71. The normalized spacial score (nSPS) is 16.4. The van der Waals surface area contributed by atoms with Crippen molar-refractivity contribution in [3.63, 3.8) is 0 Å². The fraction of sp³-hybridized carbons (Fsp3) is 0.429. The van der Waals surface area contributed by atoms with Crippen molar-refractivity contribution in [2.75, 3.05) is 32.0 Å². The molecule has 0 aliphatic carbocycles. The minimum atomic E-state index is -0.729. The molecule has 1 aliphatic rings. The second-order valence-corrected chi connectivity index (χ2v) is 4.87.